The second-order valence-electron chi connectivity index (χ2n) is 4.52. The molecule has 1 aliphatic rings. The lowest BCUT2D eigenvalue weighted by molar-refractivity contribution is 0.0692. The highest BCUT2D eigenvalue weighted by molar-refractivity contribution is 9.11. The highest BCUT2D eigenvalue weighted by Crippen LogP contribution is 2.26. The minimum absolute atomic E-state index is 0.262. The molecule has 0 saturated heterocycles. The normalized spacial score (nSPS) is 13.5. The molecule has 0 atom stereocenters. The molecule has 1 N–H and O–H groups in total. The molecule has 0 unspecified atom stereocenters. The van der Waals surface area contributed by atoms with Gasteiger partial charge >= 0.3 is 0 Å². The smallest absolute Gasteiger partial charge is 0.261 e. The van der Waals surface area contributed by atoms with Crippen LogP contribution in [-0.2, 0) is 0 Å². The molecule has 1 aromatic heterocycles. The quantitative estimate of drug-likeness (QED) is 0.833. The number of carbonyl (C=O) groups excluding carboxylic acids is 3. The molecule has 0 radical (unpaired) electrons. The molecular weight excluding hydrogens is 356 g/mol. The lowest BCUT2D eigenvalue weighted by Gasteiger charge is -2.05. The van der Waals surface area contributed by atoms with Crippen LogP contribution >= 0.6 is 27.3 Å². The number of benzene rings is 1. The Kier molecular flexibility index (Phi) is 3.38. The number of amides is 3. The summed E-state index contributed by atoms with van der Waals surface area (Å²) in [5.74, 6) is -0.943. The van der Waals surface area contributed by atoms with Crippen LogP contribution in [0.1, 0.15) is 31.1 Å². The largest absolute Gasteiger partial charge is 0.322 e. The van der Waals surface area contributed by atoms with Gasteiger partial charge in [-0.05, 0) is 40.2 Å². The van der Waals surface area contributed by atoms with Crippen LogP contribution in [0, 0.1) is 0 Å². The summed E-state index contributed by atoms with van der Waals surface area (Å²) in [6.07, 6.45) is 0. The number of nitrogens with one attached hydrogen (secondary N) is 1. The van der Waals surface area contributed by atoms with Crippen molar-refractivity contribution in [1.82, 2.24) is 4.90 Å². The number of thiophene rings is 1. The molecule has 1 aliphatic heterocycles. The van der Waals surface area contributed by atoms with Gasteiger partial charge in [0.05, 0.1) is 20.5 Å². The van der Waals surface area contributed by atoms with Crippen molar-refractivity contribution in [3.8, 4) is 0 Å². The van der Waals surface area contributed by atoms with Gasteiger partial charge in [0.2, 0.25) is 0 Å². The van der Waals surface area contributed by atoms with E-state index in [0.29, 0.717) is 22.4 Å². The van der Waals surface area contributed by atoms with E-state index in [1.54, 1.807) is 23.6 Å². The van der Waals surface area contributed by atoms with E-state index in [0.717, 1.165) is 8.69 Å². The third kappa shape index (κ3) is 2.38. The van der Waals surface area contributed by atoms with Crippen LogP contribution in [0.15, 0.2) is 33.4 Å². The van der Waals surface area contributed by atoms with Gasteiger partial charge in [-0.3, -0.25) is 19.3 Å². The van der Waals surface area contributed by atoms with Crippen LogP contribution < -0.4 is 5.32 Å². The van der Waals surface area contributed by atoms with Gasteiger partial charge in [-0.25, -0.2) is 0 Å². The molecular formula is C14H9BrN2O3S. The molecule has 5 nitrogen and oxygen atoms in total. The van der Waals surface area contributed by atoms with Gasteiger partial charge in [0, 0.05) is 18.1 Å². The molecule has 1 aromatic carbocycles. The molecule has 3 amide bonds. The molecule has 0 aliphatic carbocycles. The van der Waals surface area contributed by atoms with E-state index >= 15 is 0 Å². The van der Waals surface area contributed by atoms with E-state index in [1.165, 1.54) is 24.5 Å². The van der Waals surface area contributed by atoms with Crippen molar-refractivity contribution in [2.24, 2.45) is 0 Å². The highest BCUT2D eigenvalue weighted by Gasteiger charge is 2.32. The molecule has 0 saturated carbocycles. The molecule has 7 heteroatoms. The number of anilines is 1. The zero-order chi connectivity index (χ0) is 15.1. The Hall–Kier alpha value is -1.99. The van der Waals surface area contributed by atoms with Crippen LogP contribution in [-0.4, -0.2) is 29.7 Å². The average molecular weight is 365 g/mol. The third-order valence-corrected chi connectivity index (χ3v) is 4.68. The van der Waals surface area contributed by atoms with Crippen LogP contribution in [0.5, 0.6) is 0 Å². The maximum absolute atomic E-state index is 12.1. The fraction of sp³-hybridized carbons (Fsp3) is 0.0714. The summed E-state index contributed by atoms with van der Waals surface area (Å²) in [4.78, 5) is 36.8. The molecule has 3 rings (SSSR count). The Bertz CT molecular complexity index is 784. The number of rotatable bonds is 2. The molecule has 2 aromatic rings. The SMILES string of the molecule is CN1C(=O)c2ccc(NC(=O)c3csc(Br)c3)cc2C1=O. The average Bonchev–Trinajstić information content (AvgIpc) is 2.98. The maximum Gasteiger partial charge on any atom is 0.261 e. The van der Waals surface area contributed by atoms with Gasteiger partial charge in [0.15, 0.2) is 0 Å². The summed E-state index contributed by atoms with van der Waals surface area (Å²) >= 11 is 4.71. The number of carbonyl (C=O) groups is 3. The summed E-state index contributed by atoms with van der Waals surface area (Å²) in [5.41, 5.74) is 1.69. The Balaban J connectivity index is 1.87. The Morgan fingerprint density at radius 3 is 2.57 bits per heavy atom. The predicted molar refractivity (Wildman–Crippen MR) is 82.8 cm³/mol. The number of hydrogen-bond donors (Lipinski definition) is 1. The van der Waals surface area contributed by atoms with Gasteiger partial charge in [0.1, 0.15) is 0 Å². The number of nitrogens with zero attached hydrogens (tertiary/aromatic N) is 1. The monoisotopic (exact) mass is 364 g/mol. The van der Waals surface area contributed by atoms with Crippen molar-refractivity contribution in [3.05, 3.63) is 50.1 Å². The van der Waals surface area contributed by atoms with Crippen molar-refractivity contribution in [2.45, 2.75) is 0 Å². The summed E-state index contributed by atoms with van der Waals surface area (Å²) in [6.45, 7) is 0. The van der Waals surface area contributed by atoms with Gasteiger partial charge in [-0.1, -0.05) is 0 Å². The second-order valence-corrected chi connectivity index (χ2v) is 6.81. The fourth-order valence-corrected chi connectivity index (χ4v) is 3.21. The zero-order valence-electron chi connectivity index (χ0n) is 10.8. The van der Waals surface area contributed by atoms with Crippen molar-refractivity contribution >= 4 is 50.7 Å². The summed E-state index contributed by atoms with van der Waals surface area (Å²) in [5, 5.41) is 4.45. The zero-order valence-corrected chi connectivity index (χ0v) is 13.2. The van der Waals surface area contributed by atoms with Gasteiger partial charge < -0.3 is 5.32 Å². The maximum atomic E-state index is 12.1. The van der Waals surface area contributed by atoms with E-state index < -0.39 is 0 Å². The Labute approximate surface area is 132 Å². The summed E-state index contributed by atoms with van der Waals surface area (Å²) < 4.78 is 0.865. The number of halogens is 1. The Morgan fingerprint density at radius 2 is 1.90 bits per heavy atom. The summed E-state index contributed by atoms with van der Waals surface area (Å²) in [6, 6.07) is 6.41. The standard InChI is InChI=1S/C14H9BrN2O3S/c1-17-13(19)9-3-2-8(5-10(9)14(17)20)16-12(18)7-4-11(15)21-6-7/h2-6H,1H3,(H,16,18). The minimum Gasteiger partial charge on any atom is -0.322 e. The number of hydrogen-bond acceptors (Lipinski definition) is 4. The molecule has 106 valence electrons. The van der Waals surface area contributed by atoms with E-state index in [4.69, 9.17) is 0 Å². The van der Waals surface area contributed by atoms with Crippen LogP contribution in [0.25, 0.3) is 0 Å². The van der Waals surface area contributed by atoms with E-state index in [1.807, 2.05) is 0 Å². The highest BCUT2D eigenvalue weighted by atomic mass is 79.9. The molecule has 21 heavy (non-hydrogen) atoms. The van der Waals surface area contributed by atoms with Crippen molar-refractivity contribution in [3.63, 3.8) is 0 Å². The predicted octanol–water partition coefficient (Wildman–Crippen LogP) is 2.99. The second kappa shape index (κ2) is 5.09. The lowest BCUT2D eigenvalue weighted by atomic mass is 10.1. The van der Waals surface area contributed by atoms with Crippen molar-refractivity contribution in [2.75, 3.05) is 12.4 Å². The first-order chi connectivity index (χ1) is 9.97. The van der Waals surface area contributed by atoms with Crippen molar-refractivity contribution < 1.29 is 14.4 Å². The van der Waals surface area contributed by atoms with E-state index in [-0.39, 0.29) is 17.7 Å². The topological polar surface area (TPSA) is 66.5 Å². The first-order valence-electron chi connectivity index (χ1n) is 5.99. The first kappa shape index (κ1) is 14.0. The van der Waals surface area contributed by atoms with Gasteiger partial charge in [-0.2, -0.15) is 0 Å². The van der Waals surface area contributed by atoms with Gasteiger partial charge in [0.25, 0.3) is 17.7 Å². The number of imide groups is 1. The molecule has 0 spiro atoms. The van der Waals surface area contributed by atoms with Crippen LogP contribution in [0.3, 0.4) is 0 Å². The van der Waals surface area contributed by atoms with Crippen LogP contribution in [0.2, 0.25) is 0 Å². The lowest BCUT2D eigenvalue weighted by Crippen LogP contribution is -2.24. The first-order valence-corrected chi connectivity index (χ1v) is 7.66. The van der Waals surface area contributed by atoms with Crippen molar-refractivity contribution in [1.29, 1.82) is 0 Å². The molecule has 2 heterocycles. The van der Waals surface area contributed by atoms with E-state index in [2.05, 4.69) is 21.2 Å². The fourth-order valence-electron chi connectivity index (χ4n) is 2.07. The third-order valence-electron chi connectivity index (χ3n) is 3.18. The van der Waals surface area contributed by atoms with Crippen LogP contribution in [0.4, 0.5) is 5.69 Å². The molecule has 0 bridgehead atoms. The minimum atomic E-state index is -0.357. The van der Waals surface area contributed by atoms with E-state index in [9.17, 15) is 14.4 Å². The van der Waals surface area contributed by atoms with Gasteiger partial charge in [-0.15, -0.1) is 11.3 Å². The Morgan fingerprint density at radius 1 is 1.19 bits per heavy atom. The molecule has 0 fully saturated rings. The summed E-state index contributed by atoms with van der Waals surface area (Å²) in [7, 11) is 1.44. The number of fused-ring (bicyclic) bond motifs is 1.